The highest BCUT2D eigenvalue weighted by Gasteiger charge is 2.17. The van der Waals surface area contributed by atoms with Crippen LogP contribution < -0.4 is 0 Å². The number of hydrogen-bond acceptors (Lipinski definition) is 2. The second-order valence-electron chi connectivity index (χ2n) is 5.66. The molecule has 0 radical (unpaired) electrons. The molecular weight excluding hydrogens is 234 g/mol. The Labute approximate surface area is 107 Å². The quantitative estimate of drug-likeness (QED) is 0.765. The minimum Gasteiger partial charge on any atom is -0.311 e. The van der Waals surface area contributed by atoms with Gasteiger partial charge in [-0.15, -0.1) is 11.6 Å². The van der Waals surface area contributed by atoms with Crippen molar-refractivity contribution in [2.45, 2.75) is 40.1 Å². The third-order valence-electron chi connectivity index (χ3n) is 2.55. The van der Waals surface area contributed by atoms with Gasteiger partial charge in [-0.1, -0.05) is 20.8 Å². The molecule has 4 heteroatoms. The molecule has 17 heavy (non-hydrogen) atoms. The highest BCUT2D eigenvalue weighted by atomic mass is 35.5. The summed E-state index contributed by atoms with van der Waals surface area (Å²) in [7, 11) is 0. The molecule has 0 aliphatic heterocycles. The lowest BCUT2D eigenvalue weighted by Gasteiger charge is -2.20. The van der Waals surface area contributed by atoms with Crippen molar-refractivity contribution in [3.05, 3.63) is 23.7 Å². The van der Waals surface area contributed by atoms with Crippen molar-refractivity contribution in [1.82, 2.24) is 14.5 Å². The van der Waals surface area contributed by atoms with Crippen molar-refractivity contribution in [1.29, 1.82) is 0 Å². The van der Waals surface area contributed by atoms with Gasteiger partial charge in [0.15, 0.2) is 5.65 Å². The van der Waals surface area contributed by atoms with Gasteiger partial charge in [0.1, 0.15) is 11.3 Å². The van der Waals surface area contributed by atoms with Crippen LogP contribution in [-0.2, 0) is 12.4 Å². The summed E-state index contributed by atoms with van der Waals surface area (Å²) in [5, 5.41) is 0. The van der Waals surface area contributed by atoms with E-state index < -0.39 is 0 Å². The van der Waals surface area contributed by atoms with Gasteiger partial charge >= 0.3 is 0 Å². The Hall–Kier alpha value is -1.09. The molecule has 0 amide bonds. The summed E-state index contributed by atoms with van der Waals surface area (Å²) in [6.07, 6.45) is 1.88. The molecule has 0 spiro atoms. The Morgan fingerprint density at radius 3 is 2.65 bits per heavy atom. The van der Waals surface area contributed by atoms with Crippen LogP contribution in [0.4, 0.5) is 0 Å². The van der Waals surface area contributed by atoms with Gasteiger partial charge in [0.25, 0.3) is 0 Å². The fourth-order valence-electron chi connectivity index (χ4n) is 1.90. The Bertz CT molecular complexity index is 537. The third-order valence-corrected chi connectivity index (χ3v) is 2.79. The average molecular weight is 252 g/mol. The van der Waals surface area contributed by atoms with Crippen molar-refractivity contribution >= 4 is 22.8 Å². The number of aryl methyl sites for hydroxylation is 1. The normalized spacial score (nSPS) is 12.3. The van der Waals surface area contributed by atoms with Crippen molar-refractivity contribution < 1.29 is 0 Å². The summed E-state index contributed by atoms with van der Waals surface area (Å²) in [5.41, 5.74) is 3.17. The molecule has 0 N–H and O–H groups in total. The number of aromatic nitrogens is 3. The molecule has 0 atom stereocenters. The van der Waals surface area contributed by atoms with E-state index >= 15 is 0 Å². The minimum absolute atomic E-state index is 0.182. The highest BCUT2D eigenvalue weighted by molar-refractivity contribution is 6.16. The first kappa shape index (κ1) is 12.4. The standard InChI is InChI=1S/C13H18ClN3/c1-9-5-10-12(15-7-9)17(8-13(2,3)4)11(6-14)16-10/h5,7H,6,8H2,1-4H3. The molecule has 0 bridgehead atoms. The van der Waals surface area contributed by atoms with Gasteiger partial charge in [-0.3, -0.25) is 0 Å². The van der Waals surface area contributed by atoms with Gasteiger partial charge < -0.3 is 4.57 Å². The van der Waals surface area contributed by atoms with Crippen LogP contribution in [0, 0.1) is 12.3 Å². The lowest BCUT2D eigenvalue weighted by Crippen LogP contribution is -2.17. The van der Waals surface area contributed by atoms with E-state index in [0.717, 1.165) is 29.1 Å². The summed E-state index contributed by atoms with van der Waals surface area (Å²) < 4.78 is 2.13. The monoisotopic (exact) mass is 251 g/mol. The molecule has 2 rings (SSSR count). The maximum atomic E-state index is 5.96. The maximum absolute atomic E-state index is 5.96. The largest absolute Gasteiger partial charge is 0.311 e. The number of imidazole rings is 1. The fourth-order valence-corrected chi connectivity index (χ4v) is 2.10. The zero-order valence-corrected chi connectivity index (χ0v) is 11.5. The van der Waals surface area contributed by atoms with E-state index in [4.69, 9.17) is 11.6 Å². The molecule has 0 unspecified atom stereocenters. The van der Waals surface area contributed by atoms with E-state index in [1.807, 2.05) is 13.1 Å². The molecule has 0 aromatic carbocycles. The SMILES string of the molecule is Cc1cnc2c(c1)nc(CCl)n2CC(C)(C)C. The predicted octanol–water partition coefficient (Wildman–Crippen LogP) is 3.52. The number of rotatable bonds is 2. The first-order chi connectivity index (χ1) is 7.90. The van der Waals surface area contributed by atoms with Gasteiger partial charge in [-0.05, 0) is 24.0 Å². The molecule has 2 heterocycles. The predicted molar refractivity (Wildman–Crippen MR) is 71.3 cm³/mol. The number of halogens is 1. The zero-order chi connectivity index (χ0) is 12.6. The van der Waals surface area contributed by atoms with E-state index in [0.29, 0.717) is 5.88 Å². The number of alkyl halides is 1. The summed E-state index contributed by atoms with van der Waals surface area (Å²) >= 11 is 5.96. The van der Waals surface area contributed by atoms with Crippen LogP contribution in [-0.4, -0.2) is 14.5 Å². The molecule has 0 aliphatic carbocycles. The van der Waals surface area contributed by atoms with Gasteiger partial charge in [0, 0.05) is 12.7 Å². The van der Waals surface area contributed by atoms with Crippen molar-refractivity contribution in [3.8, 4) is 0 Å². The van der Waals surface area contributed by atoms with Gasteiger partial charge in [0.05, 0.1) is 5.88 Å². The van der Waals surface area contributed by atoms with E-state index in [1.165, 1.54) is 0 Å². The molecule has 2 aromatic rings. The third kappa shape index (κ3) is 2.60. The summed E-state index contributed by atoms with van der Waals surface area (Å²) in [4.78, 5) is 9.02. The van der Waals surface area contributed by atoms with Crippen molar-refractivity contribution in [2.75, 3.05) is 0 Å². The molecule has 0 aliphatic rings. The average Bonchev–Trinajstić information content (AvgIpc) is 2.53. The molecule has 0 fully saturated rings. The lowest BCUT2D eigenvalue weighted by atomic mass is 9.97. The summed E-state index contributed by atoms with van der Waals surface area (Å²) in [6, 6.07) is 2.05. The molecule has 2 aromatic heterocycles. The lowest BCUT2D eigenvalue weighted by molar-refractivity contribution is 0.343. The summed E-state index contributed by atoms with van der Waals surface area (Å²) in [5.74, 6) is 1.32. The molecular formula is C13H18ClN3. The van der Waals surface area contributed by atoms with E-state index in [-0.39, 0.29) is 5.41 Å². The molecule has 92 valence electrons. The van der Waals surface area contributed by atoms with Crippen LogP contribution in [0.5, 0.6) is 0 Å². The number of pyridine rings is 1. The Kier molecular flexibility index (Phi) is 3.13. The van der Waals surface area contributed by atoms with Crippen molar-refractivity contribution in [3.63, 3.8) is 0 Å². The minimum atomic E-state index is 0.182. The van der Waals surface area contributed by atoms with Crippen LogP contribution in [0.3, 0.4) is 0 Å². The zero-order valence-electron chi connectivity index (χ0n) is 10.8. The Balaban J connectivity index is 2.58. The summed E-state index contributed by atoms with van der Waals surface area (Å²) in [6.45, 7) is 9.50. The Morgan fingerprint density at radius 2 is 2.06 bits per heavy atom. The van der Waals surface area contributed by atoms with E-state index in [2.05, 4.69) is 41.4 Å². The number of hydrogen-bond donors (Lipinski definition) is 0. The van der Waals surface area contributed by atoms with Gasteiger partial charge in [0.2, 0.25) is 0 Å². The van der Waals surface area contributed by atoms with Crippen LogP contribution in [0.15, 0.2) is 12.3 Å². The molecule has 0 saturated heterocycles. The highest BCUT2D eigenvalue weighted by Crippen LogP contribution is 2.23. The van der Waals surface area contributed by atoms with Gasteiger partial charge in [-0.2, -0.15) is 0 Å². The molecule has 3 nitrogen and oxygen atoms in total. The van der Waals surface area contributed by atoms with E-state index in [1.54, 1.807) is 0 Å². The van der Waals surface area contributed by atoms with Crippen LogP contribution in [0.25, 0.3) is 11.2 Å². The van der Waals surface area contributed by atoms with Crippen molar-refractivity contribution in [2.24, 2.45) is 5.41 Å². The van der Waals surface area contributed by atoms with Crippen LogP contribution in [0.2, 0.25) is 0 Å². The second kappa shape index (κ2) is 4.30. The smallest absolute Gasteiger partial charge is 0.160 e. The first-order valence-corrected chi connectivity index (χ1v) is 6.32. The van der Waals surface area contributed by atoms with E-state index in [9.17, 15) is 0 Å². The second-order valence-corrected chi connectivity index (χ2v) is 5.93. The van der Waals surface area contributed by atoms with Crippen LogP contribution in [0.1, 0.15) is 32.2 Å². The van der Waals surface area contributed by atoms with Gasteiger partial charge in [-0.25, -0.2) is 9.97 Å². The maximum Gasteiger partial charge on any atom is 0.160 e. The first-order valence-electron chi connectivity index (χ1n) is 5.78. The topological polar surface area (TPSA) is 30.7 Å². The molecule has 0 saturated carbocycles. The fraction of sp³-hybridized carbons (Fsp3) is 0.538. The number of fused-ring (bicyclic) bond motifs is 1. The number of nitrogens with zero attached hydrogens (tertiary/aromatic N) is 3. The Morgan fingerprint density at radius 1 is 1.35 bits per heavy atom. The van der Waals surface area contributed by atoms with Crippen LogP contribution >= 0.6 is 11.6 Å².